The highest BCUT2D eigenvalue weighted by Crippen LogP contribution is 2.19. The average Bonchev–Trinajstić information content (AvgIpc) is 2.58. The number of methoxy groups -OCH3 is 1. The molecule has 1 aliphatic heterocycles. The number of piperidine rings is 1. The van der Waals surface area contributed by atoms with Crippen LogP contribution in [0.15, 0.2) is 24.3 Å². The summed E-state index contributed by atoms with van der Waals surface area (Å²) < 4.78 is 5.22. The van der Waals surface area contributed by atoms with Crippen LogP contribution in [0.2, 0.25) is 0 Å². The molecular weight excluding hydrogens is 276 g/mol. The molecule has 0 saturated carbocycles. The lowest BCUT2D eigenvalue weighted by molar-refractivity contribution is -0.133. The van der Waals surface area contributed by atoms with E-state index >= 15 is 0 Å². The van der Waals surface area contributed by atoms with Gasteiger partial charge in [-0.25, -0.2) is 0 Å². The van der Waals surface area contributed by atoms with Crippen molar-refractivity contribution in [2.24, 2.45) is 0 Å². The molecule has 122 valence electrons. The van der Waals surface area contributed by atoms with Gasteiger partial charge in [-0.15, -0.1) is 0 Å². The van der Waals surface area contributed by atoms with Gasteiger partial charge in [-0.05, 0) is 56.3 Å². The first-order valence-corrected chi connectivity index (χ1v) is 8.37. The minimum atomic E-state index is 0.247. The van der Waals surface area contributed by atoms with E-state index in [0.717, 1.165) is 44.5 Å². The number of carbonyl (C=O) groups excluding carboxylic acids is 1. The summed E-state index contributed by atoms with van der Waals surface area (Å²) in [5, 5.41) is 3.28. The lowest BCUT2D eigenvalue weighted by atomic mass is 10.00. The highest BCUT2D eigenvalue weighted by atomic mass is 16.5. The molecule has 0 aromatic heterocycles. The first kappa shape index (κ1) is 16.8. The van der Waals surface area contributed by atoms with Crippen molar-refractivity contribution in [2.75, 3.05) is 26.7 Å². The molecule has 0 aliphatic carbocycles. The van der Waals surface area contributed by atoms with Gasteiger partial charge in [0.2, 0.25) is 5.91 Å². The third kappa shape index (κ3) is 4.73. The molecule has 1 aliphatic rings. The predicted molar refractivity (Wildman–Crippen MR) is 89.2 cm³/mol. The van der Waals surface area contributed by atoms with Crippen molar-refractivity contribution in [3.63, 3.8) is 0 Å². The Hall–Kier alpha value is -1.55. The molecule has 0 bridgehead atoms. The first-order chi connectivity index (χ1) is 10.7. The summed E-state index contributed by atoms with van der Waals surface area (Å²) in [6.07, 6.45) is 5.53. The lowest BCUT2D eigenvalue weighted by Crippen LogP contribution is -2.47. The zero-order chi connectivity index (χ0) is 15.8. The van der Waals surface area contributed by atoms with Crippen LogP contribution in [-0.4, -0.2) is 43.6 Å². The molecule has 1 N–H and O–H groups in total. The van der Waals surface area contributed by atoms with Crippen LogP contribution in [-0.2, 0) is 11.2 Å². The normalized spacial score (nSPS) is 18.3. The third-order valence-corrected chi connectivity index (χ3v) is 4.42. The van der Waals surface area contributed by atoms with Gasteiger partial charge in [0, 0.05) is 12.6 Å². The number of nitrogens with zero attached hydrogens (tertiary/aromatic N) is 1. The van der Waals surface area contributed by atoms with E-state index < -0.39 is 0 Å². The van der Waals surface area contributed by atoms with E-state index in [0.29, 0.717) is 12.6 Å². The minimum absolute atomic E-state index is 0.247. The van der Waals surface area contributed by atoms with Crippen LogP contribution >= 0.6 is 0 Å². The maximum atomic E-state index is 12.3. The predicted octanol–water partition coefficient (Wildman–Crippen LogP) is 2.62. The van der Waals surface area contributed by atoms with Crippen LogP contribution in [0.3, 0.4) is 0 Å². The molecule has 1 aromatic rings. The Morgan fingerprint density at radius 3 is 3.05 bits per heavy atom. The molecule has 1 atom stereocenters. The van der Waals surface area contributed by atoms with Gasteiger partial charge in [0.15, 0.2) is 0 Å². The van der Waals surface area contributed by atoms with E-state index in [1.54, 1.807) is 7.11 Å². The summed E-state index contributed by atoms with van der Waals surface area (Å²) in [6.45, 7) is 4.35. The fourth-order valence-electron chi connectivity index (χ4n) is 3.11. The Morgan fingerprint density at radius 2 is 2.27 bits per heavy atom. The summed E-state index contributed by atoms with van der Waals surface area (Å²) in [6, 6.07) is 8.52. The van der Waals surface area contributed by atoms with Gasteiger partial charge in [0.25, 0.3) is 0 Å². The number of ether oxygens (including phenoxy) is 1. The quantitative estimate of drug-likeness (QED) is 0.787. The Morgan fingerprint density at radius 1 is 1.41 bits per heavy atom. The molecule has 1 fully saturated rings. The second kappa shape index (κ2) is 8.79. The molecule has 22 heavy (non-hydrogen) atoms. The number of carbonyl (C=O) groups is 1. The number of nitrogens with one attached hydrogen (secondary N) is 1. The summed E-state index contributed by atoms with van der Waals surface area (Å²) in [5.41, 5.74) is 1.23. The van der Waals surface area contributed by atoms with Gasteiger partial charge in [0.1, 0.15) is 5.75 Å². The van der Waals surface area contributed by atoms with Gasteiger partial charge in [-0.1, -0.05) is 19.1 Å². The van der Waals surface area contributed by atoms with Gasteiger partial charge in [-0.2, -0.15) is 0 Å². The number of hydrogen-bond donors (Lipinski definition) is 1. The van der Waals surface area contributed by atoms with Crippen molar-refractivity contribution in [1.29, 1.82) is 0 Å². The van der Waals surface area contributed by atoms with Crippen molar-refractivity contribution in [3.8, 4) is 5.75 Å². The van der Waals surface area contributed by atoms with Crippen molar-refractivity contribution in [1.82, 2.24) is 10.2 Å². The monoisotopic (exact) mass is 304 g/mol. The SMILES string of the molecule is CCC1CCCCN1C(=O)CNCCc1cccc(OC)c1. The van der Waals surface area contributed by atoms with E-state index in [-0.39, 0.29) is 5.91 Å². The molecule has 1 heterocycles. The zero-order valence-electron chi connectivity index (χ0n) is 13.8. The summed E-state index contributed by atoms with van der Waals surface area (Å²) in [5.74, 6) is 1.13. The van der Waals surface area contributed by atoms with Crippen LogP contribution in [0.5, 0.6) is 5.75 Å². The smallest absolute Gasteiger partial charge is 0.236 e. The summed E-state index contributed by atoms with van der Waals surface area (Å²) in [7, 11) is 1.68. The van der Waals surface area contributed by atoms with Crippen LogP contribution in [0.4, 0.5) is 0 Å². The Labute approximate surface area is 133 Å². The standard InChI is InChI=1S/C18H28N2O2/c1-3-16-8-4-5-12-20(16)18(21)14-19-11-10-15-7-6-9-17(13-15)22-2/h6-7,9,13,16,19H,3-5,8,10-12,14H2,1-2H3. The van der Waals surface area contributed by atoms with Crippen LogP contribution in [0.1, 0.15) is 38.2 Å². The largest absolute Gasteiger partial charge is 0.497 e. The van der Waals surface area contributed by atoms with Crippen molar-refractivity contribution < 1.29 is 9.53 Å². The number of rotatable bonds is 7. The molecule has 4 nitrogen and oxygen atoms in total. The fourth-order valence-corrected chi connectivity index (χ4v) is 3.11. The Balaban J connectivity index is 1.72. The van der Waals surface area contributed by atoms with E-state index in [9.17, 15) is 4.79 Å². The second-order valence-corrected chi connectivity index (χ2v) is 5.92. The maximum Gasteiger partial charge on any atom is 0.236 e. The molecular formula is C18H28N2O2. The van der Waals surface area contributed by atoms with Crippen LogP contribution in [0, 0.1) is 0 Å². The molecule has 0 spiro atoms. The van der Waals surface area contributed by atoms with Crippen molar-refractivity contribution in [2.45, 2.75) is 45.1 Å². The molecule has 4 heteroatoms. The van der Waals surface area contributed by atoms with Gasteiger partial charge >= 0.3 is 0 Å². The van der Waals surface area contributed by atoms with E-state index in [1.165, 1.54) is 12.0 Å². The van der Waals surface area contributed by atoms with Crippen LogP contribution < -0.4 is 10.1 Å². The lowest BCUT2D eigenvalue weighted by Gasteiger charge is -2.35. The fraction of sp³-hybridized carbons (Fsp3) is 0.611. The molecule has 1 aromatic carbocycles. The van der Waals surface area contributed by atoms with Crippen molar-refractivity contribution in [3.05, 3.63) is 29.8 Å². The van der Waals surface area contributed by atoms with Crippen molar-refractivity contribution >= 4 is 5.91 Å². The second-order valence-electron chi connectivity index (χ2n) is 5.92. The van der Waals surface area contributed by atoms with Gasteiger partial charge < -0.3 is 15.0 Å². The number of hydrogen-bond acceptors (Lipinski definition) is 3. The summed E-state index contributed by atoms with van der Waals surface area (Å²) >= 11 is 0. The Kier molecular flexibility index (Phi) is 6.72. The van der Waals surface area contributed by atoms with E-state index in [2.05, 4.69) is 23.2 Å². The molecule has 2 rings (SSSR count). The molecule has 1 saturated heterocycles. The highest BCUT2D eigenvalue weighted by Gasteiger charge is 2.24. The minimum Gasteiger partial charge on any atom is -0.497 e. The number of amides is 1. The van der Waals surface area contributed by atoms with E-state index in [1.807, 2.05) is 18.2 Å². The van der Waals surface area contributed by atoms with Gasteiger partial charge in [0.05, 0.1) is 13.7 Å². The number of likely N-dealkylation sites (tertiary alicyclic amines) is 1. The molecule has 0 radical (unpaired) electrons. The topological polar surface area (TPSA) is 41.6 Å². The summed E-state index contributed by atoms with van der Waals surface area (Å²) in [4.78, 5) is 14.4. The number of benzene rings is 1. The first-order valence-electron chi connectivity index (χ1n) is 8.37. The van der Waals surface area contributed by atoms with Crippen LogP contribution in [0.25, 0.3) is 0 Å². The maximum absolute atomic E-state index is 12.3. The zero-order valence-corrected chi connectivity index (χ0v) is 13.8. The average molecular weight is 304 g/mol. The van der Waals surface area contributed by atoms with E-state index in [4.69, 9.17) is 4.74 Å². The third-order valence-electron chi connectivity index (χ3n) is 4.42. The molecule has 1 amide bonds. The highest BCUT2D eigenvalue weighted by molar-refractivity contribution is 5.78. The Bertz CT molecular complexity index is 476. The molecule has 1 unspecified atom stereocenters. The van der Waals surface area contributed by atoms with Gasteiger partial charge in [-0.3, -0.25) is 4.79 Å².